The first-order valence-corrected chi connectivity index (χ1v) is 10.7. The minimum Gasteiger partial charge on any atom is -0.493 e. The number of pyridine rings is 1. The van der Waals surface area contributed by atoms with Gasteiger partial charge in [0.2, 0.25) is 11.5 Å². The Morgan fingerprint density at radius 2 is 1.71 bits per heavy atom. The minimum absolute atomic E-state index is 0.0516. The lowest BCUT2D eigenvalue weighted by atomic mass is 9.97. The van der Waals surface area contributed by atoms with Gasteiger partial charge in [-0.3, -0.25) is 14.5 Å². The third kappa shape index (κ3) is 3.26. The van der Waals surface area contributed by atoms with E-state index in [1.165, 1.54) is 32.3 Å². The van der Waals surface area contributed by atoms with E-state index in [4.69, 9.17) is 30.2 Å². The average Bonchev–Trinajstić information content (AvgIpc) is 3.16. The summed E-state index contributed by atoms with van der Waals surface area (Å²) >= 11 is 6.15. The van der Waals surface area contributed by atoms with Gasteiger partial charge in [-0.2, -0.15) is 0 Å². The lowest BCUT2D eigenvalue weighted by molar-refractivity contribution is 0.0970. The topological polar surface area (TPSA) is 91.1 Å². The number of aromatic nitrogens is 1. The fraction of sp³-hybridized carbons (Fsp3) is 0.160. The molecule has 2 aromatic heterocycles. The Morgan fingerprint density at radius 1 is 0.971 bits per heavy atom. The molecule has 3 heterocycles. The molecule has 1 aliphatic heterocycles. The van der Waals surface area contributed by atoms with Crippen LogP contribution in [0.2, 0.25) is 5.02 Å². The predicted octanol–water partition coefficient (Wildman–Crippen LogP) is 4.62. The lowest BCUT2D eigenvalue weighted by Gasteiger charge is -2.25. The Morgan fingerprint density at radius 3 is 2.32 bits per heavy atom. The molecular weight excluding hydrogens is 460 g/mol. The van der Waals surface area contributed by atoms with Crippen molar-refractivity contribution in [2.75, 3.05) is 26.2 Å². The van der Waals surface area contributed by atoms with E-state index in [0.29, 0.717) is 33.7 Å². The monoisotopic (exact) mass is 478 g/mol. The minimum atomic E-state index is -0.856. The molecule has 2 aromatic carbocycles. The molecule has 8 nitrogen and oxygen atoms in total. The molecule has 1 aliphatic rings. The number of hydrogen-bond acceptors (Lipinski definition) is 7. The van der Waals surface area contributed by atoms with Gasteiger partial charge in [0.05, 0.1) is 38.3 Å². The molecule has 1 unspecified atom stereocenters. The molecule has 0 N–H and O–H groups in total. The fourth-order valence-electron chi connectivity index (χ4n) is 4.25. The first kappa shape index (κ1) is 21.8. The molecule has 0 saturated carbocycles. The van der Waals surface area contributed by atoms with Gasteiger partial charge in [-0.1, -0.05) is 17.7 Å². The maximum absolute atomic E-state index is 13.7. The van der Waals surface area contributed by atoms with Crippen molar-refractivity contribution < 1.29 is 23.4 Å². The standard InChI is InChI=1S/C25H19ClN2O6/c1-31-17-10-13(11-18(32-2)23(17)33-3)21-20-22(29)15-12-14(26)7-8-16(15)34-24(20)25(30)28(21)19-6-4-5-9-27-19/h4-12,21H,1-3H3. The van der Waals surface area contributed by atoms with Gasteiger partial charge in [0.1, 0.15) is 11.4 Å². The van der Waals surface area contributed by atoms with Crippen molar-refractivity contribution in [1.82, 2.24) is 4.98 Å². The number of anilines is 1. The summed E-state index contributed by atoms with van der Waals surface area (Å²) in [6, 6.07) is 12.4. The highest BCUT2D eigenvalue weighted by atomic mass is 35.5. The van der Waals surface area contributed by atoms with Crippen LogP contribution in [0.25, 0.3) is 11.0 Å². The largest absolute Gasteiger partial charge is 0.493 e. The summed E-state index contributed by atoms with van der Waals surface area (Å²) in [6.07, 6.45) is 1.57. The van der Waals surface area contributed by atoms with Gasteiger partial charge < -0.3 is 18.6 Å². The van der Waals surface area contributed by atoms with E-state index in [-0.39, 0.29) is 27.7 Å². The molecule has 0 fully saturated rings. The number of carbonyl (C=O) groups is 1. The summed E-state index contributed by atoms with van der Waals surface area (Å²) in [5.74, 6) is 0.976. The van der Waals surface area contributed by atoms with Crippen molar-refractivity contribution >= 4 is 34.3 Å². The highest BCUT2D eigenvalue weighted by molar-refractivity contribution is 6.31. The van der Waals surface area contributed by atoms with Crippen LogP contribution in [0.1, 0.15) is 27.7 Å². The summed E-state index contributed by atoms with van der Waals surface area (Å²) in [5, 5.41) is 0.661. The van der Waals surface area contributed by atoms with E-state index < -0.39 is 11.9 Å². The number of nitrogens with zero attached hydrogens (tertiary/aromatic N) is 2. The second kappa shape index (κ2) is 8.39. The van der Waals surface area contributed by atoms with Gasteiger partial charge in [0.25, 0.3) is 5.91 Å². The van der Waals surface area contributed by atoms with Gasteiger partial charge in [-0.05, 0) is 48.0 Å². The first-order chi connectivity index (χ1) is 16.5. The number of halogens is 1. The molecule has 5 rings (SSSR count). The molecule has 9 heteroatoms. The maximum Gasteiger partial charge on any atom is 0.296 e. The molecule has 0 radical (unpaired) electrons. The summed E-state index contributed by atoms with van der Waals surface area (Å²) < 4.78 is 22.4. The molecule has 1 amide bonds. The molecule has 0 bridgehead atoms. The molecule has 1 atom stereocenters. The quantitative estimate of drug-likeness (QED) is 0.413. The Bertz CT molecular complexity index is 1460. The van der Waals surface area contributed by atoms with Crippen LogP contribution >= 0.6 is 11.6 Å². The maximum atomic E-state index is 13.7. The van der Waals surface area contributed by atoms with Crippen LogP contribution in [-0.2, 0) is 0 Å². The van der Waals surface area contributed by atoms with Gasteiger partial charge in [0, 0.05) is 11.2 Å². The zero-order chi connectivity index (χ0) is 24.0. The zero-order valence-electron chi connectivity index (χ0n) is 18.5. The molecule has 4 aromatic rings. The third-order valence-electron chi connectivity index (χ3n) is 5.73. The molecule has 34 heavy (non-hydrogen) atoms. The summed E-state index contributed by atoms with van der Waals surface area (Å²) in [5.41, 5.74) is 0.651. The number of rotatable bonds is 5. The van der Waals surface area contributed by atoms with Crippen LogP contribution in [0, 0.1) is 0 Å². The second-order valence-electron chi connectivity index (χ2n) is 7.54. The van der Waals surface area contributed by atoms with Crippen LogP contribution in [0.5, 0.6) is 17.2 Å². The van der Waals surface area contributed by atoms with E-state index >= 15 is 0 Å². The number of fused-ring (bicyclic) bond motifs is 2. The molecule has 0 saturated heterocycles. The Balaban J connectivity index is 1.84. The number of carbonyl (C=O) groups excluding carboxylic acids is 1. The van der Waals surface area contributed by atoms with E-state index in [9.17, 15) is 9.59 Å². The van der Waals surface area contributed by atoms with E-state index in [0.717, 1.165) is 0 Å². The number of hydrogen-bond donors (Lipinski definition) is 0. The van der Waals surface area contributed by atoms with E-state index in [2.05, 4.69) is 4.98 Å². The van der Waals surface area contributed by atoms with Crippen molar-refractivity contribution in [1.29, 1.82) is 0 Å². The van der Waals surface area contributed by atoms with Crippen LogP contribution in [0.15, 0.2) is 63.9 Å². The Kier molecular flexibility index (Phi) is 5.37. The van der Waals surface area contributed by atoms with E-state index in [1.807, 2.05) is 0 Å². The van der Waals surface area contributed by atoms with Crippen molar-refractivity contribution in [2.45, 2.75) is 6.04 Å². The van der Waals surface area contributed by atoms with Gasteiger partial charge >= 0.3 is 0 Å². The van der Waals surface area contributed by atoms with Crippen molar-refractivity contribution in [2.24, 2.45) is 0 Å². The third-order valence-corrected chi connectivity index (χ3v) is 5.97. The summed E-state index contributed by atoms with van der Waals surface area (Å²) in [4.78, 5) is 33.1. The Hall–Kier alpha value is -4.04. The normalized spacial score (nSPS) is 14.9. The van der Waals surface area contributed by atoms with Crippen molar-refractivity contribution in [3.05, 3.63) is 86.9 Å². The molecular formula is C25H19ClN2O6. The van der Waals surface area contributed by atoms with Gasteiger partial charge in [-0.15, -0.1) is 0 Å². The predicted molar refractivity (Wildman–Crippen MR) is 126 cm³/mol. The summed E-state index contributed by atoms with van der Waals surface area (Å²) in [7, 11) is 4.49. The van der Waals surface area contributed by atoms with Crippen LogP contribution in [-0.4, -0.2) is 32.2 Å². The lowest BCUT2D eigenvalue weighted by Crippen LogP contribution is -2.30. The number of benzene rings is 2. The van der Waals surface area contributed by atoms with Gasteiger partial charge in [-0.25, -0.2) is 4.98 Å². The smallest absolute Gasteiger partial charge is 0.296 e. The molecule has 0 spiro atoms. The highest BCUT2D eigenvalue weighted by Gasteiger charge is 2.44. The van der Waals surface area contributed by atoms with Crippen LogP contribution < -0.4 is 24.5 Å². The first-order valence-electron chi connectivity index (χ1n) is 10.3. The molecule has 0 aliphatic carbocycles. The average molecular weight is 479 g/mol. The molecule has 172 valence electrons. The number of methoxy groups -OCH3 is 3. The van der Waals surface area contributed by atoms with E-state index in [1.54, 1.807) is 48.7 Å². The second-order valence-corrected chi connectivity index (χ2v) is 7.98. The SMILES string of the molecule is COc1cc(C2c3c(oc4ccc(Cl)cc4c3=O)C(=O)N2c2ccccn2)cc(OC)c1OC. The highest BCUT2D eigenvalue weighted by Crippen LogP contribution is 2.46. The van der Waals surface area contributed by atoms with Crippen molar-refractivity contribution in [3.63, 3.8) is 0 Å². The van der Waals surface area contributed by atoms with Crippen molar-refractivity contribution in [3.8, 4) is 17.2 Å². The summed E-state index contributed by atoms with van der Waals surface area (Å²) in [6.45, 7) is 0. The fourth-order valence-corrected chi connectivity index (χ4v) is 4.42. The number of amides is 1. The zero-order valence-corrected chi connectivity index (χ0v) is 19.3. The Labute approximate surface area is 199 Å². The van der Waals surface area contributed by atoms with Gasteiger partial charge in [0.15, 0.2) is 16.9 Å². The van der Waals surface area contributed by atoms with Crippen LogP contribution in [0.3, 0.4) is 0 Å². The van der Waals surface area contributed by atoms with Crippen LogP contribution in [0.4, 0.5) is 5.82 Å². The number of ether oxygens (including phenoxy) is 3.